The molecule has 25 heteroatoms. The number of cyclic esters (lactones) is 1. The van der Waals surface area contributed by atoms with Crippen molar-refractivity contribution >= 4 is 65.1 Å². The molecular weight excluding hydrogens is 1020 g/mol. The molecule has 0 bridgehead atoms. The molecule has 1 saturated heterocycles. The Morgan fingerprint density at radius 1 is 0.590 bits per heavy atom. The number of hydrogen-bond acceptors (Lipinski definition) is 15. The Hall–Kier alpha value is -5.95. The van der Waals surface area contributed by atoms with Crippen LogP contribution in [0.2, 0.25) is 0 Å². The topological polar surface area (TPSA) is 386 Å². The van der Waals surface area contributed by atoms with Crippen LogP contribution in [0.15, 0.2) is 0 Å². The quantitative estimate of drug-likeness (QED) is 0.0376. The van der Waals surface area contributed by atoms with Gasteiger partial charge in [-0.05, 0) is 69.1 Å². The number of aliphatic carboxylic acids is 1. The molecule has 0 aromatic heterocycles. The smallest absolute Gasteiger partial charge is 0.329 e. The molecule has 0 radical (unpaired) electrons. The number of aliphatic hydroxyl groups is 3. The molecule has 0 aliphatic carbocycles. The van der Waals surface area contributed by atoms with Gasteiger partial charge in [-0.2, -0.15) is 0 Å². The van der Waals surface area contributed by atoms with Gasteiger partial charge in [0.05, 0.1) is 25.7 Å². The van der Waals surface area contributed by atoms with Crippen molar-refractivity contribution < 1.29 is 77.9 Å². The predicted octanol–water partition coefficient (Wildman–Crippen LogP) is -0.150. The Bertz CT molecular complexity index is 1990. The van der Waals surface area contributed by atoms with Gasteiger partial charge in [-0.1, -0.05) is 108 Å². The lowest BCUT2D eigenvalue weighted by molar-refractivity contribution is -0.157. The van der Waals surface area contributed by atoms with E-state index in [4.69, 9.17) is 4.74 Å². The van der Waals surface area contributed by atoms with Crippen LogP contribution in [0.1, 0.15) is 166 Å². The van der Waals surface area contributed by atoms with Crippen LogP contribution >= 0.6 is 0 Å². The van der Waals surface area contributed by atoms with Gasteiger partial charge in [0.15, 0.2) is 0 Å². The Kier molecular flexibility index (Phi) is 32.6. The Morgan fingerprint density at radius 2 is 1.08 bits per heavy atom. The molecule has 1 aliphatic rings. The van der Waals surface area contributed by atoms with Gasteiger partial charge in [-0.15, -0.1) is 0 Å². The summed E-state index contributed by atoms with van der Waals surface area (Å²) in [6, 6.07) is -14.0. The van der Waals surface area contributed by atoms with Gasteiger partial charge in [0.1, 0.15) is 60.5 Å². The zero-order valence-corrected chi connectivity index (χ0v) is 47.7. The van der Waals surface area contributed by atoms with Crippen LogP contribution in [0.25, 0.3) is 0 Å². The van der Waals surface area contributed by atoms with E-state index in [0.29, 0.717) is 12.8 Å². The Morgan fingerprint density at radius 3 is 1.55 bits per heavy atom. The number of rotatable bonds is 27. The molecule has 0 aromatic rings. The SMILES string of the molecule is CCCCCCC[C@H](O)CC(=O)N[C@@H](CC(C)C)C(=O)N[C@H](CCC(=O)O)C(=O)N[C@H]1C(=O)N[C@H](CC)C(=O)N[C@@H](CC(C)C)C(=O)N[C@H](CO)C(=O)N[C@@H](CC(C)C)C(=O)N[C@H](CO)C(=O)N[C@@H](C(C)CC)C(=O)OC1C. The number of carboxylic acids is 1. The first-order chi connectivity index (χ1) is 36.6. The van der Waals surface area contributed by atoms with E-state index >= 15 is 0 Å². The molecule has 2 unspecified atom stereocenters. The summed E-state index contributed by atoms with van der Waals surface area (Å²) in [5.41, 5.74) is 0. The standard InChI is InChI=1S/C53H93N9O16/c1-12-15-16-17-18-19-33(65)25-41(66)54-36(22-28(4)5)47(71)56-35(20-21-42(67)68)46(70)62-44-32(11)78-53(77)43(31(10)13-2)61-51(75)40(27-64)60-49(73)38(24-30(8)9)58-50(74)39(26-63)59-48(72)37(23-29(6)7)57-45(69)34(14-3)55-52(44)76/h28-40,43-44,63-65H,12-27H2,1-11H3,(H,54,66)(H,55,76)(H,56,71)(H,57,69)(H,58,74)(H,59,72)(H,60,73)(H,61,75)(H,62,70)(H,67,68)/t31?,32?,33-,34+,35+,36-,37-,38-,39+,40+,43-,44+/m0/s1. The Balaban J connectivity index is 3.93. The van der Waals surface area contributed by atoms with Crippen molar-refractivity contribution in [1.82, 2.24) is 47.9 Å². The summed E-state index contributed by atoms with van der Waals surface area (Å²) < 4.78 is 5.79. The summed E-state index contributed by atoms with van der Waals surface area (Å²) in [7, 11) is 0. The maximum atomic E-state index is 14.5. The molecule has 0 spiro atoms. The fraction of sp³-hybridized carbons (Fsp3) is 0.792. The second-order valence-electron chi connectivity index (χ2n) is 21.6. The molecular formula is C53H93N9O16. The van der Waals surface area contributed by atoms with Crippen molar-refractivity contribution in [2.45, 2.75) is 233 Å². The summed E-state index contributed by atoms with van der Waals surface area (Å²) in [5.74, 6) is -12.6. The first kappa shape index (κ1) is 70.1. The molecule has 1 aliphatic heterocycles. The van der Waals surface area contributed by atoms with E-state index in [0.717, 1.165) is 25.7 Å². The zero-order chi connectivity index (χ0) is 59.4. The molecule has 1 rings (SSSR count). The minimum Gasteiger partial charge on any atom is -0.481 e. The largest absolute Gasteiger partial charge is 0.481 e. The highest BCUT2D eigenvalue weighted by Crippen LogP contribution is 2.16. The van der Waals surface area contributed by atoms with Gasteiger partial charge in [-0.3, -0.25) is 47.9 Å². The summed E-state index contributed by atoms with van der Waals surface area (Å²) >= 11 is 0. The van der Waals surface area contributed by atoms with Crippen molar-refractivity contribution in [2.75, 3.05) is 13.2 Å². The van der Waals surface area contributed by atoms with E-state index in [2.05, 4.69) is 54.8 Å². The second-order valence-corrected chi connectivity index (χ2v) is 21.6. The highest BCUT2D eigenvalue weighted by Gasteiger charge is 2.40. The third kappa shape index (κ3) is 25.7. The van der Waals surface area contributed by atoms with E-state index in [9.17, 15) is 73.2 Å². The lowest BCUT2D eigenvalue weighted by Crippen LogP contribution is -2.63. The molecule has 0 aromatic carbocycles. The van der Waals surface area contributed by atoms with Crippen LogP contribution < -0.4 is 47.9 Å². The number of carbonyl (C=O) groups is 11. The van der Waals surface area contributed by atoms with E-state index in [1.165, 1.54) is 13.8 Å². The maximum Gasteiger partial charge on any atom is 0.329 e. The number of carbonyl (C=O) groups excluding carboxylic acids is 10. The summed E-state index contributed by atoms with van der Waals surface area (Å²) in [6.07, 6.45) is 0.954. The first-order valence-electron chi connectivity index (χ1n) is 27.7. The Labute approximate surface area is 459 Å². The molecule has 1 fully saturated rings. The van der Waals surface area contributed by atoms with Crippen molar-refractivity contribution in [3.05, 3.63) is 0 Å². The minimum absolute atomic E-state index is 0.00821. The zero-order valence-electron chi connectivity index (χ0n) is 47.7. The van der Waals surface area contributed by atoms with Crippen LogP contribution in [-0.2, 0) is 57.5 Å². The molecule has 25 nitrogen and oxygen atoms in total. The fourth-order valence-corrected chi connectivity index (χ4v) is 8.46. The van der Waals surface area contributed by atoms with Crippen LogP contribution in [0.5, 0.6) is 0 Å². The third-order valence-corrected chi connectivity index (χ3v) is 13.2. The van der Waals surface area contributed by atoms with E-state index < -0.39 is 164 Å². The van der Waals surface area contributed by atoms with Gasteiger partial charge in [0, 0.05) is 6.42 Å². The van der Waals surface area contributed by atoms with Crippen molar-refractivity contribution in [2.24, 2.45) is 23.7 Å². The van der Waals surface area contributed by atoms with Gasteiger partial charge < -0.3 is 73.0 Å². The number of ether oxygens (including phenoxy) is 1. The van der Waals surface area contributed by atoms with Crippen LogP contribution in [0.4, 0.5) is 0 Å². The minimum atomic E-state index is -1.94. The average molecular weight is 1110 g/mol. The van der Waals surface area contributed by atoms with Crippen molar-refractivity contribution in [3.8, 4) is 0 Å². The van der Waals surface area contributed by atoms with Gasteiger partial charge in [-0.25, -0.2) is 4.79 Å². The monoisotopic (exact) mass is 1110 g/mol. The first-order valence-corrected chi connectivity index (χ1v) is 27.7. The summed E-state index contributed by atoms with van der Waals surface area (Å²) in [5, 5.41) is 63.3. The fourth-order valence-electron chi connectivity index (χ4n) is 8.46. The molecule has 12 atom stereocenters. The molecule has 0 saturated carbocycles. The molecule has 9 amide bonds. The van der Waals surface area contributed by atoms with Gasteiger partial charge in [0.2, 0.25) is 53.2 Å². The molecule has 1 heterocycles. The number of nitrogens with one attached hydrogen (secondary N) is 9. The molecule has 13 N–H and O–H groups in total. The average Bonchev–Trinajstić information content (AvgIpc) is 3.35. The number of carboxylic acid groups (broad SMARTS) is 1. The highest BCUT2D eigenvalue weighted by molar-refractivity contribution is 5.99. The van der Waals surface area contributed by atoms with E-state index in [1.54, 1.807) is 55.4 Å². The predicted molar refractivity (Wildman–Crippen MR) is 286 cm³/mol. The third-order valence-electron chi connectivity index (χ3n) is 13.2. The summed E-state index contributed by atoms with van der Waals surface area (Å²) in [4.78, 5) is 151. The number of aliphatic hydroxyl groups excluding tert-OH is 3. The maximum absolute atomic E-state index is 14.5. The number of hydrogen-bond donors (Lipinski definition) is 13. The van der Waals surface area contributed by atoms with Gasteiger partial charge >= 0.3 is 11.9 Å². The van der Waals surface area contributed by atoms with Crippen LogP contribution in [-0.4, -0.2) is 165 Å². The highest BCUT2D eigenvalue weighted by atomic mass is 16.5. The second kappa shape index (κ2) is 36.3. The van der Waals surface area contributed by atoms with Crippen LogP contribution in [0, 0.1) is 23.7 Å². The van der Waals surface area contributed by atoms with Crippen LogP contribution in [0.3, 0.4) is 0 Å². The summed E-state index contributed by atoms with van der Waals surface area (Å²) in [6.45, 7) is 16.6. The normalized spacial score (nSPS) is 24.1. The number of unbranched alkanes of at least 4 members (excludes halogenated alkanes) is 4. The number of esters is 1. The van der Waals surface area contributed by atoms with E-state index in [-0.39, 0.29) is 56.3 Å². The van der Waals surface area contributed by atoms with Crippen molar-refractivity contribution in [1.29, 1.82) is 0 Å². The lowest BCUT2D eigenvalue weighted by Gasteiger charge is -2.31. The number of amides is 9. The van der Waals surface area contributed by atoms with Gasteiger partial charge in [0.25, 0.3) is 0 Å². The van der Waals surface area contributed by atoms with Crippen molar-refractivity contribution in [3.63, 3.8) is 0 Å². The molecule has 78 heavy (non-hydrogen) atoms. The molecule has 446 valence electrons. The lowest BCUT2D eigenvalue weighted by atomic mass is 9.98. The van der Waals surface area contributed by atoms with E-state index in [1.807, 2.05) is 0 Å².